The molecule has 2 heterocycles. The molecule has 3 aromatic rings. The van der Waals surface area contributed by atoms with Crippen molar-refractivity contribution in [2.45, 2.75) is 31.7 Å². The number of Topliss-reactive ketones (excluding diaryl/α,β-unsaturated/α-hetero) is 1. The molecule has 1 fully saturated rings. The molecule has 2 aromatic carbocycles. The fourth-order valence-corrected chi connectivity index (χ4v) is 4.45. The zero-order valence-corrected chi connectivity index (χ0v) is 16.7. The molecule has 6 nitrogen and oxygen atoms in total. The number of benzene rings is 2. The minimum atomic E-state index is -0.513. The van der Waals surface area contributed by atoms with Gasteiger partial charge in [0.05, 0.1) is 10.2 Å². The summed E-state index contributed by atoms with van der Waals surface area (Å²) in [5.41, 5.74) is 1.44. The van der Waals surface area contributed by atoms with Crippen LogP contribution in [0.5, 0.6) is 0 Å². The third kappa shape index (κ3) is 4.35. The maximum Gasteiger partial charge on any atom is 0.248 e. The van der Waals surface area contributed by atoms with Crippen molar-refractivity contribution >= 4 is 44.3 Å². The number of aromatic nitrogens is 1. The molecule has 1 N–H and O–H groups in total. The fraction of sp³-hybridized carbons (Fsp3) is 0.273. The van der Waals surface area contributed by atoms with E-state index in [0.717, 1.165) is 16.6 Å². The monoisotopic (exact) mass is 407 g/mol. The summed E-state index contributed by atoms with van der Waals surface area (Å²) in [5.74, 6) is -0.436. The molecule has 0 bridgehead atoms. The molecular weight excluding hydrogens is 386 g/mol. The Bertz CT molecular complexity index is 1010. The van der Waals surface area contributed by atoms with Gasteiger partial charge in [0.2, 0.25) is 11.8 Å². The lowest BCUT2D eigenvalue weighted by Gasteiger charge is -2.23. The smallest absolute Gasteiger partial charge is 0.248 e. The number of carbonyl (C=O) groups is 3. The Morgan fingerprint density at radius 2 is 1.79 bits per heavy atom. The largest absolute Gasteiger partial charge is 0.331 e. The van der Waals surface area contributed by atoms with Gasteiger partial charge in [0.1, 0.15) is 6.04 Å². The van der Waals surface area contributed by atoms with E-state index in [1.165, 1.54) is 11.3 Å². The second-order valence-electron chi connectivity index (χ2n) is 7.01. The van der Waals surface area contributed by atoms with Crippen molar-refractivity contribution in [3.8, 4) is 0 Å². The van der Waals surface area contributed by atoms with Crippen LogP contribution in [0.3, 0.4) is 0 Å². The first kappa shape index (κ1) is 19.3. The molecule has 1 aliphatic heterocycles. The van der Waals surface area contributed by atoms with Crippen molar-refractivity contribution in [3.05, 3.63) is 60.2 Å². The number of rotatable bonds is 6. The summed E-state index contributed by atoms with van der Waals surface area (Å²) in [5, 5.41) is 3.39. The van der Waals surface area contributed by atoms with Crippen LogP contribution < -0.4 is 5.32 Å². The first-order chi connectivity index (χ1) is 14.1. The lowest BCUT2D eigenvalue weighted by molar-refractivity contribution is -0.136. The summed E-state index contributed by atoms with van der Waals surface area (Å²) in [6.45, 7) is 0.538. The van der Waals surface area contributed by atoms with Gasteiger partial charge in [-0.05, 0) is 25.0 Å². The number of carbonyl (C=O) groups excluding carboxylic acids is 3. The highest BCUT2D eigenvalue weighted by Gasteiger charge is 2.34. The van der Waals surface area contributed by atoms with E-state index in [4.69, 9.17) is 0 Å². The number of ketones is 1. The highest BCUT2D eigenvalue weighted by atomic mass is 32.1. The van der Waals surface area contributed by atoms with Crippen molar-refractivity contribution in [2.24, 2.45) is 0 Å². The Labute approximate surface area is 172 Å². The van der Waals surface area contributed by atoms with Crippen LogP contribution in [0.2, 0.25) is 0 Å². The normalized spacial score (nSPS) is 16.1. The number of nitrogens with zero attached hydrogens (tertiary/aromatic N) is 2. The third-order valence-corrected chi connectivity index (χ3v) is 6.01. The molecule has 0 radical (unpaired) electrons. The Kier molecular flexibility index (Phi) is 5.67. The van der Waals surface area contributed by atoms with Crippen molar-refractivity contribution in [1.29, 1.82) is 0 Å². The van der Waals surface area contributed by atoms with Crippen LogP contribution in [0, 0.1) is 0 Å². The first-order valence-corrected chi connectivity index (χ1v) is 10.5. The van der Waals surface area contributed by atoms with Gasteiger partial charge in [0.15, 0.2) is 10.9 Å². The maximum absolute atomic E-state index is 12.8. The van der Waals surface area contributed by atoms with Crippen molar-refractivity contribution in [2.75, 3.05) is 11.9 Å². The van der Waals surface area contributed by atoms with E-state index in [-0.39, 0.29) is 30.4 Å². The second kappa shape index (κ2) is 8.53. The van der Waals surface area contributed by atoms with Crippen LogP contribution in [-0.4, -0.2) is 40.1 Å². The van der Waals surface area contributed by atoms with E-state index in [2.05, 4.69) is 10.3 Å². The summed E-state index contributed by atoms with van der Waals surface area (Å²) in [7, 11) is 0. The number of amides is 2. The van der Waals surface area contributed by atoms with E-state index >= 15 is 0 Å². The number of para-hydroxylation sites is 1. The van der Waals surface area contributed by atoms with Crippen LogP contribution in [0.4, 0.5) is 5.13 Å². The summed E-state index contributed by atoms with van der Waals surface area (Å²) < 4.78 is 1.00. The SMILES string of the molecule is O=C(CCC(=O)N1CCCC1C(=O)Nc1nc2ccccc2s1)c1ccccc1. The Balaban J connectivity index is 1.36. The number of nitrogens with one attached hydrogen (secondary N) is 1. The topological polar surface area (TPSA) is 79.4 Å². The highest BCUT2D eigenvalue weighted by Crippen LogP contribution is 2.27. The molecule has 1 atom stereocenters. The molecule has 0 saturated carbocycles. The molecule has 0 spiro atoms. The Morgan fingerprint density at radius 3 is 2.59 bits per heavy atom. The molecule has 1 aromatic heterocycles. The van der Waals surface area contributed by atoms with Gasteiger partial charge in [-0.3, -0.25) is 14.4 Å². The van der Waals surface area contributed by atoms with Crippen LogP contribution in [0.15, 0.2) is 54.6 Å². The number of fused-ring (bicyclic) bond motifs is 1. The van der Waals surface area contributed by atoms with Crippen molar-refractivity contribution in [3.63, 3.8) is 0 Å². The van der Waals surface area contributed by atoms with Gasteiger partial charge in [0, 0.05) is 24.9 Å². The van der Waals surface area contributed by atoms with Gasteiger partial charge in [-0.25, -0.2) is 4.98 Å². The van der Waals surface area contributed by atoms with E-state index in [0.29, 0.717) is 23.7 Å². The number of thiazole rings is 1. The minimum Gasteiger partial charge on any atom is -0.331 e. The van der Waals surface area contributed by atoms with E-state index in [1.54, 1.807) is 29.2 Å². The van der Waals surface area contributed by atoms with Gasteiger partial charge in [-0.15, -0.1) is 0 Å². The van der Waals surface area contributed by atoms with Crippen LogP contribution >= 0.6 is 11.3 Å². The Hall–Kier alpha value is -3.06. The number of hydrogen-bond acceptors (Lipinski definition) is 5. The predicted octanol–water partition coefficient (Wildman–Crippen LogP) is 3.89. The van der Waals surface area contributed by atoms with E-state index in [9.17, 15) is 14.4 Å². The summed E-state index contributed by atoms with van der Waals surface area (Å²) in [6, 6.07) is 16.1. The quantitative estimate of drug-likeness (QED) is 0.629. The summed E-state index contributed by atoms with van der Waals surface area (Å²) in [4.78, 5) is 43.7. The van der Waals surface area contributed by atoms with Gasteiger partial charge >= 0.3 is 0 Å². The third-order valence-electron chi connectivity index (χ3n) is 5.06. The van der Waals surface area contributed by atoms with Crippen molar-refractivity contribution in [1.82, 2.24) is 9.88 Å². The number of hydrogen-bond donors (Lipinski definition) is 1. The van der Waals surface area contributed by atoms with Gasteiger partial charge in [0.25, 0.3) is 0 Å². The van der Waals surface area contributed by atoms with Gasteiger partial charge in [-0.1, -0.05) is 53.8 Å². The lowest BCUT2D eigenvalue weighted by Crippen LogP contribution is -2.43. The molecule has 1 saturated heterocycles. The molecule has 1 aliphatic rings. The molecule has 4 rings (SSSR count). The standard InChI is InChI=1S/C22H21N3O3S/c26-18(15-7-2-1-3-8-15)12-13-20(27)25-14-6-10-17(25)21(28)24-22-23-16-9-4-5-11-19(16)29-22/h1-5,7-9,11,17H,6,10,12-14H2,(H,23,24,28). The minimum absolute atomic E-state index is 0.0615. The predicted molar refractivity (Wildman–Crippen MR) is 113 cm³/mol. The second-order valence-corrected chi connectivity index (χ2v) is 8.04. The van der Waals surface area contributed by atoms with Crippen LogP contribution in [0.1, 0.15) is 36.0 Å². The van der Waals surface area contributed by atoms with Crippen molar-refractivity contribution < 1.29 is 14.4 Å². The van der Waals surface area contributed by atoms with E-state index in [1.807, 2.05) is 30.3 Å². The molecule has 2 amide bonds. The maximum atomic E-state index is 12.8. The van der Waals surface area contributed by atoms with E-state index < -0.39 is 6.04 Å². The highest BCUT2D eigenvalue weighted by molar-refractivity contribution is 7.22. The average Bonchev–Trinajstić information content (AvgIpc) is 3.39. The molecular formula is C22H21N3O3S. The molecule has 148 valence electrons. The summed E-state index contributed by atoms with van der Waals surface area (Å²) in [6.07, 6.45) is 1.65. The van der Waals surface area contributed by atoms with Gasteiger partial charge in [-0.2, -0.15) is 0 Å². The number of likely N-dealkylation sites (tertiary alicyclic amines) is 1. The molecule has 29 heavy (non-hydrogen) atoms. The molecule has 1 unspecified atom stereocenters. The Morgan fingerprint density at radius 1 is 1.03 bits per heavy atom. The van der Waals surface area contributed by atoms with Gasteiger partial charge < -0.3 is 10.2 Å². The molecule has 7 heteroatoms. The van der Waals surface area contributed by atoms with Crippen LogP contribution in [-0.2, 0) is 9.59 Å². The zero-order valence-electron chi connectivity index (χ0n) is 15.8. The lowest BCUT2D eigenvalue weighted by atomic mass is 10.1. The average molecular weight is 407 g/mol. The first-order valence-electron chi connectivity index (χ1n) is 9.66. The fourth-order valence-electron chi connectivity index (χ4n) is 3.58. The summed E-state index contributed by atoms with van der Waals surface area (Å²) >= 11 is 1.41. The number of anilines is 1. The zero-order chi connectivity index (χ0) is 20.2. The molecule has 0 aliphatic carbocycles. The van der Waals surface area contributed by atoms with Crippen LogP contribution in [0.25, 0.3) is 10.2 Å².